The molecule has 0 amide bonds. The van der Waals surface area contributed by atoms with Crippen molar-refractivity contribution in [2.24, 2.45) is 0 Å². The van der Waals surface area contributed by atoms with Gasteiger partial charge in [-0.2, -0.15) is 0 Å². The predicted molar refractivity (Wildman–Crippen MR) is 81.0 cm³/mol. The second kappa shape index (κ2) is 5.97. The summed E-state index contributed by atoms with van der Waals surface area (Å²) in [7, 11) is 0. The third-order valence-corrected chi connectivity index (χ3v) is 4.40. The Morgan fingerprint density at radius 3 is 2.63 bits per heavy atom. The van der Waals surface area contributed by atoms with Crippen LogP contribution in [-0.2, 0) is 6.42 Å². The van der Waals surface area contributed by atoms with Gasteiger partial charge in [0.2, 0.25) is 0 Å². The fourth-order valence-corrected chi connectivity index (χ4v) is 2.61. The van der Waals surface area contributed by atoms with E-state index in [1.807, 2.05) is 19.1 Å². The van der Waals surface area contributed by atoms with Crippen molar-refractivity contribution in [3.8, 4) is 0 Å². The molecule has 0 bridgehead atoms. The van der Waals surface area contributed by atoms with Crippen LogP contribution in [-0.4, -0.2) is 5.78 Å². The van der Waals surface area contributed by atoms with Crippen LogP contribution in [0.3, 0.4) is 0 Å². The van der Waals surface area contributed by atoms with E-state index in [1.54, 1.807) is 18.2 Å². The Labute approximate surface area is 128 Å². The lowest BCUT2D eigenvalue weighted by atomic mass is 10.0. The maximum absolute atomic E-state index is 13.7. The van der Waals surface area contributed by atoms with Crippen molar-refractivity contribution >= 4 is 37.6 Å². The van der Waals surface area contributed by atoms with Gasteiger partial charge in [0.05, 0.1) is 0 Å². The second-order valence-corrected chi connectivity index (χ2v) is 5.98. The SMILES string of the molecule is Cc1cccc(C(=O)Cc2ccc(Br)cc2F)c1Br. The maximum atomic E-state index is 13.7. The zero-order chi connectivity index (χ0) is 14.0. The molecule has 0 heterocycles. The van der Waals surface area contributed by atoms with Crippen molar-refractivity contribution in [2.45, 2.75) is 13.3 Å². The molecule has 0 spiro atoms. The van der Waals surface area contributed by atoms with Crippen LogP contribution in [0.15, 0.2) is 45.3 Å². The van der Waals surface area contributed by atoms with E-state index in [-0.39, 0.29) is 18.0 Å². The summed E-state index contributed by atoms with van der Waals surface area (Å²) < 4.78 is 15.2. The molecule has 0 saturated carbocycles. The van der Waals surface area contributed by atoms with E-state index in [1.165, 1.54) is 6.07 Å². The molecule has 0 aliphatic rings. The zero-order valence-corrected chi connectivity index (χ0v) is 13.4. The van der Waals surface area contributed by atoms with Crippen molar-refractivity contribution in [3.05, 3.63) is 67.9 Å². The fraction of sp³-hybridized carbons (Fsp3) is 0.133. The van der Waals surface area contributed by atoms with E-state index >= 15 is 0 Å². The van der Waals surface area contributed by atoms with Crippen molar-refractivity contribution in [3.63, 3.8) is 0 Å². The normalized spacial score (nSPS) is 10.5. The van der Waals surface area contributed by atoms with Crippen LogP contribution in [0.4, 0.5) is 4.39 Å². The van der Waals surface area contributed by atoms with E-state index in [9.17, 15) is 9.18 Å². The van der Waals surface area contributed by atoms with Gasteiger partial charge in [-0.15, -0.1) is 0 Å². The number of carbonyl (C=O) groups excluding carboxylic acids is 1. The number of hydrogen-bond acceptors (Lipinski definition) is 1. The van der Waals surface area contributed by atoms with Gasteiger partial charge >= 0.3 is 0 Å². The lowest BCUT2D eigenvalue weighted by molar-refractivity contribution is 0.0991. The van der Waals surface area contributed by atoms with E-state index in [0.717, 1.165) is 10.0 Å². The molecule has 98 valence electrons. The molecule has 0 aliphatic heterocycles. The number of aryl methyl sites for hydroxylation is 1. The van der Waals surface area contributed by atoms with Crippen LogP contribution >= 0.6 is 31.9 Å². The molecule has 19 heavy (non-hydrogen) atoms. The largest absolute Gasteiger partial charge is 0.294 e. The van der Waals surface area contributed by atoms with Gasteiger partial charge in [-0.25, -0.2) is 4.39 Å². The first-order valence-electron chi connectivity index (χ1n) is 5.71. The number of halogens is 3. The average molecular weight is 386 g/mol. The topological polar surface area (TPSA) is 17.1 Å². The van der Waals surface area contributed by atoms with Crippen molar-refractivity contribution in [1.29, 1.82) is 0 Å². The van der Waals surface area contributed by atoms with Crippen molar-refractivity contribution < 1.29 is 9.18 Å². The van der Waals surface area contributed by atoms with E-state index in [2.05, 4.69) is 31.9 Å². The summed E-state index contributed by atoms with van der Waals surface area (Å²) >= 11 is 6.60. The van der Waals surface area contributed by atoms with Crippen LogP contribution in [0.25, 0.3) is 0 Å². The minimum atomic E-state index is -0.369. The lowest BCUT2D eigenvalue weighted by Crippen LogP contribution is -2.06. The first-order valence-corrected chi connectivity index (χ1v) is 7.30. The summed E-state index contributed by atoms with van der Waals surface area (Å²) in [6.45, 7) is 1.92. The lowest BCUT2D eigenvalue weighted by Gasteiger charge is -2.07. The standard InChI is InChI=1S/C15H11Br2FO/c1-9-3-2-4-12(15(9)17)14(19)7-10-5-6-11(16)8-13(10)18/h2-6,8H,7H2,1H3. The van der Waals surface area contributed by atoms with Crippen LogP contribution in [0.2, 0.25) is 0 Å². The predicted octanol–water partition coefficient (Wildman–Crippen LogP) is 5.08. The highest BCUT2D eigenvalue weighted by atomic mass is 79.9. The van der Waals surface area contributed by atoms with Gasteiger partial charge in [-0.05, 0) is 46.1 Å². The van der Waals surface area contributed by atoms with Crippen molar-refractivity contribution in [2.75, 3.05) is 0 Å². The summed E-state index contributed by atoms with van der Waals surface area (Å²) in [6, 6.07) is 10.2. The average Bonchev–Trinajstić information content (AvgIpc) is 2.36. The summed E-state index contributed by atoms with van der Waals surface area (Å²) in [5.41, 5.74) is 1.98. The first kappa shape index (κ1) is 14.4. The number of hydrogen-bond donors (Lipinski definition) is 0. The van der Waals surface area contributed by atoms with Gasteiger partial charge in [-0.1, -0.05) is 40.2 Å². The fourth-order valence-electron chi connectivity index (χ4n) is 1.80. The monoisotopic (exact) mass is 384 g/mol. The number of benzene rings is 2. The van der Waals surface area contributed by atoms with Gasteiger partial charge < -0.3 is 0 Å². The maximum Gasteiger partial charge on any atom is 0.168 e. The van der Waals surface area contributed by atoms with Crippen molar-refractivity contribution in [1.82, 2.24) is 0 Å². The third kappa shape index (κ3) is 3.31. The molecule has 2 rings (SSSR count). The Bertz CT molecular complexity index is 638. The number of rotatable bonds is 3. The van der Waals surface area contributed by atoms with Gasteiger partial charge in [-0.3, -0.25) is 4.79 Å². The van der Waals surface area contributed by atoms with Gasteiger partial charge in [0, 0.05) is 20.9 Å². The Hall–Kier alpha value is -1.000. The number of Topliss-reactive ketones (excluding diaryl/α,β-unsaturated/α-hetero) is 1. The molecule has 0 saturated heterocycles. The van der Waals surface area contributed by atoms with Crippen LogP contribution < -0.4 is 0 Å². The summed E-state index contributed by atoms with van der Waals surface area (Å²) in [5, 5.41) is 0. The van der Waals surface area contributed by atoms with Gasteiger partial charge in [0.1, 0.15) is 5.82 Å². The Balaban J connectivity index is 2.28. The van der Waals surface area contributed by atoms with E-state index < -0.39 is 0 Å². The Morgan fingerprint density at radius 2 is 1.95 bits per heavy atom. The molecule has 0 aromatic heterocycles. The molecular weight excluding hydrogens is 375 g/mol. The molecular formula is C15H11Br2FO. The molecule has 0 N–H and O–H groups in total. The molecule has 0 fully saturated rings. The van der Waals surface area contributed by atoms with Gasteiger partial charge in [0.15, 0.2) is 5.78 Å². The molecule has 2 aromatic rings. The van der Waals surface area contributed by atoms with Gasteiger partial charge in [0.25, 0.3) is 0 Å². The highest BCUT2D eigenvalue weighted by molar-refractivity contribution is 9.10. The molecule has 2 aromatic carbocycles. The zero-order valence-electron chi connectivity index (χ0n) is 10.2. The Morgan fingerprint density at radius 1 is 1.21 bits per heavy atom. The highest BCUT2D eigenvalue weighted by Crippen LogP contribution is 2.23. The summed E-state index contributed by atoms with van der Waals surface area (Å²) in [6.07, 6.45) is 0.0567. The summed E-state index contributed by atoms with van der Waals surface area (Å²) in [5.74, 6) is -0.469. The molecule has 0 atom stereocenters. The quantitative estimate of drug-likeness (QED) is 0.673. The molecule has 0 aliphatic carbocycles. The van der Waals surface area contributed by atoms with Crippen LogP contribution in [0, 0.1) is 12.7 Å². The minimum Gasteiger partial charge on any atom is -0.294 e. The second-order valence-electron chi connectivity index (χ2n) is 4.27. The Kier molecular flexibility index (Phi) is 4.53. The number of carbonyl (C=O) groups is 1. The summed E-state index contributed by atoms with van der Waals surface area (Å²) in [4.78, 5) is 12.2. The third-order valence-electron chi connectivity index (χ3n) is 2.86. The van der Waals surface area contributed by atoms with E-state index in [0.29, 0.717) is 15.6 Å². The number of ketones is 1. The molecule has 4 heteroatoms. The minimum absolute atomic E-state index is 0.0567. The molecule has 1 nitrogen and oxygen atoms in total. The first-order chi connectivity index (χ1) is 8.99. The highest BCUT2D eigenvalue weighted by Gasteiger charge is 2.14. The van der Waals surface area contributed by atoms with Crippen LogP contribution in [0.1, 0.15) is 21.5 Å². The van der Waals surface area contributed by atoms with Crippen LogP contribution in [0.5, 0.6) is 0 Å². The van der Waals surface area contributed by atoms with E-state index in [4.69, 9.17) is 0 Å². The smallest absolute Gasteiger partial charge is 0.168 e. The molecule has 0 radical (unpaired) electrons. The molecule has 0 unspecified atom stereocenters.